The van der Waals surface area contributed by atoms with Gasteiger partial charge in [-0.2, -0.15) is 0 Å². The Labute approximate surface area is 166 Å². The molecule has 2 aromatic rings. The standard InChI is InChI=1S/C19H20BrFN2O3S/c20-16-4-1-3-14(11-16)13-27(25,26)23-9-7-15(8-10-23)19(24)22-18-6-2-5-17(21)12-18/h1-6,11-12,15H,7-10,13H2,(H,22,24). The van der Waals surface area contributed by atoms with Crippen molar-refractivity contribution in [2.75, 3.05) is 18.4 Å². The number of amides is 1. The Hall–Kier alpha value is -1.77. The third-order valence-corrected chi connectivity index (χ3v) is 6.89. The summed E-state index contributed by atoms with van der Waals surface area (Å²) in [6.45, 7) is 0.606. The second-order valence-electron chi connectivity index (χ2n) is 6.56. The summed E-state index contributed by atoms with van der Waals surface area (Å²) in [6, 6.07) is 12.9. The minimum absolute atomic E-state index is 0.0629. The second-order valence-corrected chi connectivity index (χ2v) is 9.44. The topological polar surface area (TPSA) is 66.5 Å². The first-order valence-electron chi connectivity index (χ1n) is 8.62. The fraction of sp³-hybridized carbons (Fsp3) is 0.316. The molecule has 0 aromatic heterocycles. The molecule has 1 amide bonds. The fourth-order valence-corrected chi connectivity index (χ4v) is 5.13. The van der Waals surface area contributed by atoms with Crippen molar-refractivity contribution in [2.24, 2.45) is 5.92 Å². The normalized spacial score (nSPS) is 16.2. The Balaban J connectivity index is 1.57. The van der Waals surface area contributed by atoms with Crippen molar-refractivity contribution in [3.05, 3.63) is 64.4 Å². The van der Waals surface area contributed by atoms with Crippen LogP contribution in [0.5, 0.6) is 0 Å². The molecule has 1 N–H and O–H groups in total. The summed E-state index contributed by atoms with van der Waals surface area (Å²) >= 11 is 3.34. The predicted molar refractivity (Wildman–Crippen MR) is 106 cm³/mol. The molecule has 0 saturated carbocycles. The first-order chi connectivity index (χ1) is 12.8. The van der Waals surface area contributed by atoms with Gasteiger partial charge in [0.05, 0.1) is 5.75 Å². The maximum Gasteiger partial charge on any atom is 0.227 e. The Morgan fingerprint density at radius 1 is 1.15 bits per heavy atom. The van der Waals surface area contributed by atoms with E-state index in [4.69, 9.17) is 0 Å². The molecule has 27 heavy (non-hydrogen) atoms. The van der Waals surface area contributed by atoms with E-state index in [1.165, 1.54) is 22.5 Å². The second kappa shape index (κ2) is 8.50. The number of hydrogen-bond donors (Lipinski definition) is 1. The largest absolute Gasteiger partial charge is 0.326 e. The molecule has 3 rings (SSSR count). The molecule has 0 spiro atoms. The number of anilines is 1. The first-order valence-corrected chi connectivity index (χ1v) is 11.0. The van der Waals surface area contributed by atoms with E-state index in [0.717, 1.165) is 10.0 Å². The van der Waals surface area contributed by atoms with E-state index in [0.29, 0.717) is 31.6 Å². The molecule has 1 aliphatic heterocycles. The summed E-state index contributed by atoms with van der Waals surface area (Å²) in [7, 11) is -3.44. The highest BCUT2D eigenvalue weighted by Gasteiger charge is 2.31. The lowest BCUT2D eigenvalue weighted by molar-refractivity contribution is -0.120. The van der Waals surface area contributed by atoms with Crippen molar-refractivity contribution in [1.29, 1.82) is 0 Å². The third kappa shape index (κ3) is 5.37. The van der Waals surface area contributed by atoms with Gasteiger partial charge in [-0.25, -0.2) is 17.1 Å². The van der Waals surface area contributed by atoms with Crippen LogP contribution in [-0.4, -0.2) is 31.7 Å². The molecule has 5 nitrogen and oxygen atoms in total. The molecule has 8 heteroatoms. The zero-order chi connectivity index (χ0) is 19.4. The summed E-state index contributed by atoms with van der Waals surface area (Å²) in [5.74, 6) is -0.969. The minimum Gasteiger partial charge on any atom is -0.326 e. The van der Waals surface area contributed by atoms with Crippen LogP contribution < -0.4 is 5.32 Å². The zero-order valence-electron chi connectivity index (χ0n) is 14.6. The van der Waals surface area contributed by atoms with Crippen molar-refractivity contribution in [1.82, 2.24) is 4.31 Å². The van der Waals surface area contributed by atoms with Gasteiger partial charge in [0.25, 0.3) is 0 Å². The van der Waals surface area contributed by atoms with Gasteiger partial charge >= 0.3 is 0 Å². The number of halogens is 2. The number of nitrogens with one attached hydrogen (secondary N) is 1. The summed E-state index contributed by atoms with van der Waals surface area (Å²) in [5, 5.41) is 2.70. The fourth-order valence-electron chi connectivity index (χ4n) is 3.14. The Morgan fingerprint density at radius 2 is 1.85 bits per heavy atom. The van der Waals surface area contributed by atoms with Crippen molar-refractivity contribution >= 4 is 37.5 Å². The van der Waals surface area contributed by atoms with Crippen molar-refractivity contribution in [3.63, 3.8) is 0 Å². The van der Waals surface area contributed by atoms with Gasteiger partial charge in [-0.05, 0) is 48.7 Å². The van der Waals surface area contributed by atoms with E-state index in [-0.39, 0.29) is 17.6 Å². The molecule has 1 fully saturated rings. The molecular weight excluding hydrogens is 435 g/mol. The van der Waals surface area contributed by atoms with Crippen LogP contribution in [0, 0.1) is 11.7 Å². The van der Waals surface area contributed by atoms with Gasteiger partial charge in [-0.15, -0.1) is 0 Å². The summed E-state index contributed by atoms with van der Waals surface area (Å²) in [6.07, 6.45) is 0.887. The molecule has 144 valence electrons. The maximum absolute atomic E-state index is 13.2. The number of carbonyl (C=O) groups is 1. The van der Waals surface area contributed by atoms with E-state index in [9.17, 15) is 17.6 Å². The Kier molecular flexibility index (Phi) is 6.29. The third-order valence-electron chi connectivity index (χ3n) is 4.55. The van der Waals surface area contributed by atoms with E-state index in [1.807, 2.05) is 6.07 Å². The van der Waals surface area contributed by atoms with Gasteiger partial charge < -0.3 is 5.32 Å². The average Bonchev–Trinajstić information content (AvgIpc) is 2.61. The quantitative estimate of drug-likeness (QED) is 0.747. The van der Waals surface area contributed by atoms with E-state index in [2.05, 4.69) is 21.2 Å². The highest BCUT2D eigenvalue weighted by molar-refractivity contribution is 9.10. The van der Waals surface area contributed by atoms with Crippen LogP contribution in [0.25, 0.3) is 0 Å². The highest BCUT2D eigenvalue weighted by atomic mass is 79.9. The van der Waals surface area contributed by atoms with Crippen molar-refractivity contribution in [3.8, 4) is 0 Å². The van der Waals surface area contributed by atoms with E-state index >= 15 is 0 Å². The lowest BCUT2D eigenvalue weighted by Gasteiger charge is -2.30. The van der Waals surface area contributed by atoms with E-state index < -0.39 is 15.8 Å². The lowest BCUT2D eigenvalue weighted by Crippen LogP contribution is -2.41. The molecule has 0 aliphatic carbocycles. The van der Waals surface area contributed by atoms with E-state index in [1.54, 1.807) is 24.3 Å². The molecule has 1 saturated heterocycles. The predicted octanol–water partition coefficient (Wildman–Crippen LogP) is 3.77. The number of hydrogen-bond acceptors (Lipinski definition) is 3. The Bertz CT molecular complexity index is 928. The smallest absolute Gasteiger partial charge is 0.227 e. The van der Waals surface area contributed by atoms with Crippen LogP contribution in [0.2, 0.25) is 0 Å². The lowest BCUT2D eigenvalue weighted by atomic mass is 9.97. The van der Waals surface area contributed by atoms with Crippen molar-refractivity contribution < 1.29 is 17.6 Å². The number of sulfonamides is 1. The Morgan fingerprint density at radius 3 is 2.52 bits per heavy atom. The molecule has 1 aliphatic rings. The monoisotopic (exact) mass is 454 g/mol. The van der Waals surface area contributed by atoms with Crippen LogP contribution in [0.3, 0.4) is 0 Å². The van der Waals surface area contributed by atoms with Gasteiger partial charge in [0.1, 0.15) is 5.82 Å². The SMILES string of the molecule is O=C(Nc1cccc(F)c1)C1CCN(S(=O)(=O)Cc2cccc(Br)c2)CC1. The minimum atomic E-state index is -3.44. The van der Waals surface area contributed by atoms with Gasteiger partial charge in [-0.1, -0.05) is 34.1 Å². The molecule has 0 radical (unpaired) electrons. The first kappa shape index (κ1) is 20.0. The summed E-state index contributed by atoms with van der Waals surface area (Å²) < 4.78 is 40.8. The van der Waals surface area contributed by atoms with Crippen LogP contribution in [0.15, 0.2) is 53.0 Å². The summed E-state index contributed by atoms with van der Waals surface area (Å²) in [4.78, 5) is 12.4. The number of piperidine rings is 1. The number of carbonyl (C=O) groups excluding carboxylic acids is 1. The van der Waals surface area contributed by atoms with Crippen LogP contribution in [0.4, 0.5) is 10.1 Å². The number of benzene rings is 2. The molecule has 0 unspecified atom stereocenters. The van der Waals surface area contributed by atoms with Gasteiger partial charge in [0.15, 0.2) is 0 Å². The number of nitrogens with zero attached hydrogens (tertiary/aromatic N) is 1. The molecule has 0 atom stereocenters. The van der Waals surface area contributed by atoms with Crippen LogP contribution in [0.1, 0.15) is 18.4 Å². The highest BCUT2D eigenvalue weighted by Crippen LogP contribution is 2.24. The summed E-state index contributed by atoms with van der Waals surface area (Å²) in [5.41, 5.74) is 1.13. The van der Waals surface area contributed by atoms with Gasteiger partial charge in [0, 0.05) is 29.2 Å². The molecule has 2 aromatic carbocycles. The van der Waals surface area contributed by atoms with Crippen LogP contribution >= 0.6 is 15.9 Å². The zero-order valence-corrected chi connectivity index (χ0v) is 17.0. The number of rotatable bonds is 5. The van der Waals surface area contributed by atoms with Crippen LogP contribution in [-0.2, 0) is 20.6 Å². The molecular formula is C19H20BrFN2O3S. The average molecular weight is 455 g/mol. The maximum atomic E-state index is 13.2. The van der Waals surface area contributed by atoms with Crippen molar-refractivity contribution in [2.45, 2.75) is 18.6 Å². The molecule has 0 bridgehead atoms. The van der Waals surface area contributed by atoms with Gasteiger partial charge in [0.2, 0.25) is 15.9 Å². The molecule has 1 heterocycles. The van der Waals surface area contributed by atoms with Gasteiger partial charge in [-0.3, -0.25) is 4.79 Å².